The van der Waals surface area contributed by atoms with Crippen LogP contribution >= 0.6 is 11.6 Å². The van der Waals surface area contributed by atoms with E-state index in [1.165, 1.54) is 5.56 Å². The van der Waals surface area contributed by atoms with E-state index in [1.807, 2.05) is 54.6 Å². The molecule has 3 rings (SSSR count). The minimum atomic E-state index is 0.688. The van der Waals surface area contributed by atoms with E-state index in [0.29, 0.717) is 5.02 Å². The molecule has 0 saturated carbocycles. The Labute approximate surface area is 141 Å². The van der Waals surface area contributed by atoms with Gasteiger partial charge in [0, 0.05) is 0 Å². The van der Waals surface area contributed by atoms with Gasteiger partial charge in [0.15, 0.2) is 0 Å². The molecule has 0 heterocycles. The van der Waals surface area contributed by atoms with Crippen molar-refractivity contribution in [1.82, 2.24) is 0 Å². The molecule has 0 fully saturated rings. The van der Waals surface area contributed by atoms with Gasteiger partial charge >= 0.3 is 0 Å². The molecule has 0 amide bonds. The van der Waals surface area contributed by atoms with Crippen molar-refractivity contribution < 1.29 is 4.99 Å². The molecular formula is C20H18ClN2+. The van der Waals surface area contributed by atoms with Crippen LogP contribution in [0.5, 0.6) is 0 Å². The van der Waals surface area contributed by atoms with E-state index in [9.17, 15) is 0 Å². The lowest BCUT2D eigenvalue weighted by Crippen LogP contribution is -2.69. The Hall–Kier alpha value is -2.58. The molecule has 0 aliphatic carbocycles. The first-order valence-electron chi connectivity index (χ1n) is 7.50. The molecule has 0 unspecified atom stereocenters. The van der Waals surface area contributed by atoms with Crippen LogP contribution in [0.4, 0.5) is 11.4 Å². The standard InChI is InChI=1S/C20H17ClN2/c1-15-9-5-7-13-18(15)22-20(16-10-3-2-4-11-16)23-19-14-8-6-12-17(19)21/h2-14H,1H3,(H,22,23)/p+1. The van der Waals surface area contributed by atoms with Crippen molar-refractivity contribution in [1.29, 1.82) is 0 Å². The minimum Gasteiger partial charge on any atom is -0.240 e. The van der Waals surface area contributed by atoms with E-state index in [0.717, 1.165) is 22.8 Å². The van der Waals surface area contributed by atoms with Crippen LogP contribution in [0, 0.1) is 6.92 Å². The molecule has 0 aliphatic rings. The van der Waals surface area contributed by atoms with Crippen LogP contribution in [0.1, 0.15) is 11.1 Å². The fraction of sp³-hybridized carbons (Fsp3) is 0.0500. The highest BCUT2D eigenvalue weighted by Gasteiger charge is 2.14. The van der Waals surface area contributed by atoms with Gasteiger partial charge in [-0.1, -0.05) is 60.1 Å². The fourth-order valence-corrected chi connectivity index (χ4v) is 2.51. The number of hydrogen-bond acceptors (Lipinski definition) is 0. The number of amidine groups is 1. The lowest BCUT2D eigenvalue weighted by atomic mass is 10.1. The number of anilines is 1. The van der Waals surface area contributed by atoms with Gasteiger partial charge < -0.3 is 0 Å². The number of halogens is 1. The quantitative estimate of drug-likeness (QED) is 0.555. The molecule has 2 N–H and O–H groups in total. The second-order valence-corrected chi connectivity index (χ2v) is 5.69. The molecule has 0 aromatic heterocycles. The number of nitrogens with one attached hydrogen (secondary N) is 2. The van der Waals surface area contributed by atoms with Gasteiger partial charge in [-0.25, -0.2) is 10.3 Å². The Kier molecular flexibility index (Phi) is 4.74. The summed E-state index contributed by atoms with van der Waals surface area (Å²) in [6.45, 7) is 2.08. The maximum atomic E-state index is 6.29. The summed E-state index contributed by atoms with van der Waals surface area (Å²) in [6.07, 6.45) is 0. The number of rotatable bonds is 3. The number of benzene rings is 3. The van der Waals surface area contributed by atoms with E-state index in [-0.39, 0.29) is 0 Å². The Balaban J connectivity index is 2.05. The molecule has 0 saturated heterocycles. The lowest BCUT2D eigenvalue weighted by Gasteiger charge is -2.06. The summed E-state index contributed by atoms with van der Waals surface area (Å²) in [5, 5.41) is 4.10. The molecule has 0 spiro atoms. The molecule has 3 aromatic carbocycles. The summed E-state index contributed by atoms with van der Waals surface area (Å²) in [5.41, 5.74) is 4.18. The topological polar surface area (TPSA) is 26.0 Å². The van der Waals surface area contributed by atoms with Crippen molar-refractivity contribution in [2.75, 3.05) is 5.32 Å². The zero-order chi connectivity index (χ0) is 16.1. The largest absolute Gasteiger partial charge is 0.285 e. The van der Waals surface area contributed by atoms with E-state index in [2.05, 4.69) is 41.5 Å². The van der Waals surface area contributed by atoms with E-state index < -0.39 is 0 Å². The molecule has 2 nitrogen and oxygen atoms in total. The summed E-state index contributed by atoms with van der Waals surface area (Å²) in [5.74, 6) is 0.896. The van der Waals surface area contributed by atoms with Gasteiger partial charge in [0.05, 0.1) is 10.6 Å². The summed E-state index contributed by atoms with van der Waals surface area (Å²) in [7, 11) is 0. The summed E-state index contributed by atoms with van der Waals surface area (Å²) in [6, 6.07) is 26.1. The van der Waals surface area contributed by atoms with Crippen LogP contribution in [0.25, 0.3) is 0 Å². The third kappa shape index (κ3) is 3.79. The van der Waals surface area contributed by atoms with Gasteiger partial charge in [-0.05, 0) is 42.8 Å². The average Bonchev–Trinajstić information content (AvgIpc) is 2.59. The summed E-state index contributed by atoms with van der Waals surface area (Å²) >= 11 is 6.29. The highest BCUT2D eigenvalue weighted by molar-refractivity contribution is 6.33. The molecule has 0 atom stereocenters. The highest BCUT2D eigenvalue weighted by atomic mass is 35.5. The van der Waals surface area contributed by atoms with Crippen LogP contribution in [0.2, 0.25) is 5.02 Å². The molecule has 3 heteroatoms. The first-order chi connectivity index (χ1) is 11.2. The van der Waals surface area contributed by atoms with Crippen molar-refractivity contribution >= 4 is 28.8 Å². The Morgan fingerprint density at radius 3 is 2.22 bits per heavy atom. The van der Waals surface area contributed by atoms with Crippen molar-refractivity contribution in [3.8, 4) is 0 Å². The average molecular weight is 322 g/mol. The predicted octanol–water partition coefficient (Wildman–Crippen LogP) is 3.92. The molecule has 114 valence electrons. The van der Waals surface area contributed by atoms with Gasteiger partial charge in [0.2, 0.25) is 0 Å². The molecular weight excluding hydrogens is 304 g/mol. The number of aryl methyl sites for hydroxylation is 1. The van der Waals surface area contributed by atoms with E-state index in [4.69, 9.17) is 11.6 Å². The van der Waals surface area contributed by atoms with Crippen molar-refractivity contribution in [2.45, 2.75) is 6.92 Å². The molecule has 3 aromatic rings. The van der Waals surface area contributed by atoms with Crippen LogP contribution in [-0.2, 0) is 0 Å². The zero-order valence-corrected chi connectivity index (χ0v) is 13.6. The SMILES string of the molecule is Cc1ccccc1[NH+]=C(Nc1ccccc1Cl)c1ccccc1. The summed E-state index contributed by atoms with van der Waals surface area (Å²) < 4.78 is 0. The predicted molar refractivity (Wildman–Crippen MR) is 97.4 cm³/mol. The van der Waals surface area contributed by atoms with Crippen LogP contribution in [0.3, 0.4) is 0 Å². The van der Waals surface area contributed by atoms with Crippen molar-refractivity contribution in [3.63, 3.8) is 0 Å². The Morgan fingerprint density at radius 2 is 1.48 bits per heavy atom. The monoisotopic (exact) mass is 321 g/mol. The van der Waals surface area contributed by atoms with Gasteiger partial charge in [-0.3, -0.25) is 0 Å². The second-order valence-electron chi connectivity index (χ2n) is 5.29. The molecule has 23 heavy (non-hydrogen) atoms. The number of para-hydroxylation sites is 2. The maximum absolute atomic E-state index is 6.29. The van der Waals surface area contributed by atoms with E-state index in [1.54, 1.807) is 0 Å². The smallest absolute Gasteiger partial charge is 0.240 e. The zero-order valence-electron chi connectivity index (χ0n) is 12.9. The second kappa shape index (κ2) is 7.12. The third-order valence-corrected chi connectivity index (χ3v) is 3.93. The van der Waals surface area contributed by atoms with Crippen molar-refractivity contribution in [3.05, 3.63) is 95.0 Å². The third-order valence-electron chi connectivity index (χ3n) is 3.60. The van der Waals surface area contributed by atoms with Crippen LogP contribution in [0.15, 0.2) is 78.9 Å². The molecule has 0 aliphatic heterocycles. The first kappa shape index (κ1) is 15.3. The summed E-state index contributed by atoms with van der Waals surface area (Å²) in [4.78, 5) is 3.49. The van der Waals surface area contributed by atoms with Crippen LogP contribution in [-0.4, -0.2) is 5.84 Å². The van der Waals surface area contributed by atoms with E-state index >= 15 is 0 Å². The van der Waals surface area contributed by atoms with Crippen LogP contribution < -0.4 is 10.3 Å². The van der Waals surface area contributed by atoms with Gasteiger partial charge in [-0.15, -0.1) is 0 Å². The normalized spacial score (nSPS) is 11.3. The number of hydrogen-bond donors (Lipinski definition) is 2. The van der Waals surface area contributed by atoms with Gasteiger partial charge in [0.1, 0.15) is 11.4 Å². The Bertz CT molecular complexity index is 826. The fourth-order valence-electron chi connectivity index (χ4n) is 2.33. The minimum absolute atomic E-state index is 0.688. The molecule has 0 radical (unpaired) electrons. The van der Waals surface area contributed by atoms with Gasteiger partial charge in [-0.2, -0.15) is 0 Å². The highest BCUT2D eigenvalue weighted by Crippen LogP contribution is 2.20. The van der Waals surface area contributed by atoms with Crippen molar-refractivity contribution in [2.24, 2.45) is 0 Å². The Morgan fingerprint density at radius 1 is 0.826 bits per heavy atom. The lowest BCUT2D eigenvalue weighted by molar-refractivity contribution is -0.353. The maximum Gasteiger partial charge on any atom is 0.285 e. The molecule has 0 bridgehead atoms. The first-order valence-corrected chi connectivity index (χ1v) is 7.88. The van der Waals surface area contributed by atoms with Gasteiger partial charge in [0.25, 0.3) is 5.84 Å².